The van der Waals surface area contributed by atoms with Crippen LogP contribution in [0.3, 0.4) is 0 Å². The van der Waals surface area contributed by atoms with Crippen molar-refractivity contribution in [3.05, 3.63) is 35.2 Å². The summed E-state index contributed by atoms with van der Waals surface area (Å²) in [7, 11) is 0. The first-order chi connectivity index (χ1) is 9.25. The zero-order chi connectivity index (χ0) is 13.3. The van der Waals surface area contributed by atoms with Crippen LogP contribution in [0.4, 0.5) is 0 Å². The van der Waals surface area contributed by atoms with Gasteiger partial charge in [-0.05, 0) is 36.9 Å². The molecular formula is C16H19NOS. The molecule has 0 spiro atoms. The first-order valence-corrected chi connectivity index (χ1v) is 7.81. The highest BCUT2D eigenvalue weighted by molar-refractivity contribution is 7.20. The van der Waals surface area contributed by atoms with Crippen LogP contribution in [0.15, 0.2) is 30.3 Å². The van der Waals surface area contributed by atoms with Crippen LogP contribution in [0, 0.1) is 5.41 Å². The van der Waals surface area contributed by atoms with E-state index in [0.717, 1.165) is 37.2 Å². The lowest BCUT2D eigenvalue weighted by molar-refractivity contribution is 0.0806. The van der Waals surface area contributed by atoms with Gasteiger partial charge in [0.1, 0.15) is 0 Å². The Morgan fingerprint density at radius 1 is 1.42 bits per heavy atom. The molecule has 1 atom stereocenters. The number of thiophene rings is 1. The van der Waals surface area contributed by atoms with E-state index < -0.39 is 0 Å². The lowest BCUT2D eigenvalue weighted by atomic mass is 9.78. The second-order valence-corrected chi connectivity index (χ2v) is 6.52. The summed E-state index contributed by atoms with van der Waals surface area (Å²) in [5.41, 5.74) is -0.157. The molecule has 1 N–H and O–H groups in total. The molecule has 2 nitrogen and oxygen atoms in total. The second-order valence-electron chi connectivity index (χ2n) is 5.43. The molecule has 100 valence electrons. The maximum Gasteiger partial charge on any atom is 0.180 e. The van der Waals surface area contributed by atoms with Crippen LogP contribution < -0.4 is 5.32 Å². The molecule has 3 rings (SSSR count). The first-order valence-electron chi connectivity index (χ1n) is 6.99. The first kappa shape index (κ1) is 12.8. The van der Waals surface area contributed by atoms with Crippen molar-refractivity contribution in [3.8, 4) is 0 Å². The van der Waals surface area contributed by atoms with E-state index in [9.17, 15) is 4.79 Å². The van der Waals surface area contributed by atoms with Gasteiger partial charge in [-0.2, -0.15) is 0 Å². The Kier molecular flexibility index (Phi) is 3.42. The maximum atomic E-state index is 12.9. The third-order valence-corrected chi connectivity index (χ3v) is 5.22. The molecule has 1 aromatic heterocycles. The molecule has 0 aliphatic carbocycles. The van der Waals surface area contributed by atoms with Crippen LogP contribution in [0.1, 0.15) is 35.9 Å². The van der Waals surface area contributed by atoms with Crippen LogP contribution in [-0.4, -0.2) is 18.9 Å². The number of carbonyl (C=O) groups excluding carboxylic acids is 1. The molecule has 3 heteroatoms. The number of nitrogens with one attached hydrogen (secondary N) is 1. The molecule has 0 amide bonds. The van der Waals surface area contributed by atoms with Crippen molar-refractivity contribution < 1.29 is 4.79 Å². The van der Waals surface area contributed by atoms with Crippen molar-refractivity contribution >= 4 is 27.2 Å². The van der Waals surface area contributed by atoms with Crippen LogP contribution >= 0.6 is 11.3 Å². The summed E-state index contributed by atoms with van der Waals surface area (Å²) in [6, 6.07) is 10.3. The number of benzene rings is 1. The van der Waals surface area contributed by atoms with E-state index in [0.29, 0.717) is 5.78 Å². The minimum absolute atomic E-state index is 0.157. The summed E-state index contributed by atoms with van der Waals surface area (Å²) in [4.78, 5) is 13.8. The van der Waals surface area contributed by atoms with Gasteiger partial charge in [-0.25, -0.2) is 0 Å². The summed E-state index contributed by atoms with van der Waals surface area (Å²) < 4.78 is 1.21. The van der Waals surface area contributed by atoms with Crippen LogP contribution in [0.25, 0.3) is 10.1 Å². The fourth-order valence-corrected chi connectivity index (χ4v) is 4.22. The molecule has 0 unspecified atom stereocenters. The van der Waals surface area contributed by atoms with Crippen LogP contribution in [0.5, 0.6) is 0 Å². The van der Waals surface area contributed by atoms with Gasteiger partial charge in [-0.15, -0.1) is 11.3 Å². The van der Waals surface area contributed by atoms with Crippen molar-refractivity contribution in [2.24, 2.45) is 5.41 Å². The van der Waals surface area contributed by atoms with E-state index in [2.05, 4.69) is 30.4 Å². The Morgan fingerprint density at radius 2 is 2.26 bits per heavy atom. The summed E-state index contributed by atoms with van der Waals surface area (Å²) in [5.74, 6) is 0.348. The Morgan fingerprint density at radius 3 is 2.95 bits per heavy atom. The second kappa shape index (κ2) is 5.06. The molecule has 19 heavy (non-hydrogen) atoms. The van der Waals surface area contributed by atoms with Crippen molar-refractivity contribution in [3.63, 3.8) is 0 Å². The lowest BCUT2D eigenvalue weighted by Crippen LogP contribution is -2.33. The fraction of sp³-hybridized carbons (Fsp3) is 0.438. The molecule has 2 aromatic rings. The van der Waals surface area contributed by atoms with Crippen LogP contribution in [0.2, 0.25) is 0 Å². The lowest BCUT2D eigenvalue weighted by Gasteiger charge is -2.25. The third kappa shape index (κ3) is 2.21. The number of carbonyl (C=O) groups is 1. The van der Waals surface area contributed by atoms with Gasteiger partial charge in [-0.1, -0.05) is 31.5 Å². The van der Waals surface area contributed by atoms with E-state index in [1.807, 2.05) is 12.1 Å². The summed E-state index contributed by atoms with van der Waals surface area (Å²) in [5, 5.41) is 4.55. The topological polar surface area (TPSA) is 29.1 Å². The van der Waals surface area contributed by atoms with E-state index in [-0.39, 0.29) is 5.41 Å². The van der Waals surface area contributed by atoms with Crippen molar-refractivity contribution in [1.29, 1.82) is 0 Å². The third-order valence-electron chi connectivity index (χ3n) is 4.10. The average Bonchev–Trinajstić information content (AvgIpc) is 3.04. The Labute approximate surface area is 117 Å². The largest absolute Gasteiger partial charge is 0.316 e. The Hall–Kier alpha value is -1.19. The zero-order valence-electron chi connectivity index (χ0n) is 11.2. The average molecular weight is 273 g/mol. The number of fused-ring (bicyclic) bond motifs is 1. The predicted octanol–water partition coefficient (Wildman–Crippen LogP) is 3.86. The highest BCUT2D eigenvalue weighted by atomic mass is 32.1. The number of rotatable bonds is 4. The number of hydrogen-bond donors (Lipinski definition) is 1. The normalized spacial score (nSPS) is 23.0. The highest BCUT2D eigenvalue weighted by Crippen LogP contribution is 2.38. The molecule has 1 saturated heterocycles. The molecule has 1 fully saturated rings. The molecule has 1 aliphatic rings. The summed E-state index contributed by atoms with van der Waals surface area (Å²) in [6.07, 6.45) is 3.04. The monoisotopic (exact) mass is 273 g/mol. The highest BCUT2D eigenvalue weighted by Gasteiger charge is 2.41. The van der Waals surface area contributed by atoms with E-state index in [1.165, 1.54) is 10.1 Å². The molecule has 0 saturated carbocycles. The van der Waals surface area contributed by atoms with E-state index >= 15 is 0 Å². The quantitative estimate of drug-likeness (QED) is 0.857. The predicted molar refractivity (Wildman–Crippen MR) is 81.0 cm³/mol. The molecule has 0 radical (unpaired) electrons. The minimum Gasteiger partial charge on any atom is -0.316 e. The van der Waals surface area contributed by atoms with Gasteiger partial charge in [-0.3, -0.25) is 4.79 Å². The van der Waals surface area contributed by atoms with Crippen molar-refractivity contribution in [2.45, 2.75) is 26.2 Å². The maximum absolute atomic E-state index is 12.9. The number of ketones is 1. The molecular weight excluding hydrogens is 254 g/mol. The summed E-state index contributed by atoms with van der Waals surface area (Å²) in [6.45, 7) is 3.98. The van der Waals surface area contributed by atoms with Crippen LogP contribution in [-0.2, 0) is 0 Å². The molecule has 1 aliphatic heterocycles. The standard InChI is InChI=1S/C16H19NOS/c1-2-7-16(8-9-17-11-16)15(18)14-10-12-5-3-4-6-13(12)19-14/h3-6,10,17H,2,7-9,11H2,1H3/t16-/m1/s1. The zero-order valence-corrected chi connectivity index (χ0v) is 12.1. The molecule has 0 bridgehead atoms. The Balaban J connectivity index is 1.97. The van der Waals surface area contributed by atoms with Gasteiger partial charge >= 0.3 is 0 Å². The van der Waals surface area contributed by atoms with Gasteiger partial charge in [0.25, 0.3) is 0 Å². The Bertz CT molecular complexity index is 563. The van der Waals surface area contributed by atoms with Gasteiger partial charge in [0.05, 0.1) is 4.88 Å². The summed E-state index contributed by atoms with van der Waals surface area (Å²) >= 11 is 1.64. The smallest absolute Gasteiger partial charge is 0.180 e. The minimum atomic E-state index is -0.157. The fourth-order valence-electron chi connectivity index (χ4n) is 3.10. The number of hydrogen-bond acceptors (Lipinski definition) is 3. The van der Waals surface area contributed by atoms with Gasteiger partial charge < -0.3 is 5.32 Å². The van der Waals surface area contributed by atoms with Crippen molar-refractivity contribution in [1.82, 2.24) is 5.32 Å². The van der Waals surface area contributed by atoms with E-state index in [4.69, 9.17) is 0 Å². The molecule has 1 aromatic carbocycles. The van der Waals surface area contributed by atoms with Gasteiger partial charge in [0.15, 0.2) is 5.78 Å². The van der Waals surface area contributed by atoms with E-state index in [1.54, 1.807) is 11.3 Å². The van der Waals surface area contributed by atoms with Gasteiger partial charge in [0, 0.05) is 16.7 Å². The number of Topliss-reactive ketones (excluding diaryl/α,β-unsaturated/α-hetero) is 1. The van der Waals surface area contributed by atoms with Gasteiger partial charge in [0.2, 0.25) is 0 Å². The molecule has 2 heterocycles. The SMILES string of the molecule is CCC[C@@]1(C(=O)c2cc3ccccc3s2)CCNC1. The van der Waals surface area contributed by atoms with Crippen molar-refractivity contribution in [2.75, 3.05) is 13.1 Å².